The first kappa shape index (κ1) is 28.9. The molecule has 0 aliphatic heterocycles. The third-order valence-electron chi connectivity index (χ3n) is 5.26. The molecule has 6 nitrogen and oxygen atoms in total. The van der Waals surface area contributed by atoms with E-state index < -0.39 is 40.7 Å². The van der Waals surface area contributed by atoms with Crippen molar-refractivity contribution in [3.8, 4) is 11.8 Å². The zero-order valence-electron chi connectivity index (χ0n) is 20.0. The second-order valence-electron chi connectivity index (χ2n) is 8.28. The van der Waals surface area contributed by atoms with Crippen molar-refractivity contribution in [1.29, 1.82) is 5.41 Å². The Balaban J connectivity index is 1.98. The number of alkyl halides is 6. The van der Waals surface area contributed by atoms with Crippen LogP contribution in [0.3, 0.4) is 0 Å². The number of carbonyl (C=O) groups is 2. The highest BCUT2D eigenvalue weighted by atomic mass is 19.4. The minimum Gasteiger partial charge on any atom is -0.388 e. The number of amides is 1. The van der Waals surface area contributed by atoms with Gasteiger partial charge in [-0.15, -0.1) is 0 Å². The van der Waals surface area contributed by atoms with Gasteiger partial charge >= 0.3 is 12.4 Å². The van der Waals surface area contributed by atoms with E-state index in [4.69, 9.17) is 11.1 Å². The van der Waals surface area contributed by atoms with Crippen LogP contribution in [0.15, 0.2) is 60.8 Å². The van der Waals surface area contributed by atoms with Crippen molar-refractivity contribution in [2.45, 2.75) is 31.6 Å². The molecule has 3 rings (SSSR count). The molecule has 3 aromatic rings. The van der Waals surface area contributed by atoms with Gasteiger partial charge in [-0.1, -0.05) is 17.9 Å². The van der Waals surface area contributed by atoms with Crippen LogP contribution < -0.4 is 11.1 Å². The third-order valence-corrected chi connectivity index (χ3v) is 5.26. The lowest BCUT2D eigenvalue weighted by Gasteiger charge is -2.13. The van der Waals surface area contributed by atoms with E-state index in [1.165, 1.54) is 18.3 Å². The summed E-state index contributed by atoms with van der Waals surface area (Å²) < 4.78 is 81.0. The van der Waals surface area contributed by atoms with Crippen molar-refractivity contribution < 1.29 is 35.9 Å². The number of nitrogens with two attached hydrogens (primary N) is 1. The lowest BCUT2D eigenvalue weighted by molar-refractivity contribution is -0.138. The molecule has 0 spiro atoms. The maximum absolute atomic E-state index is 13.6. The standard InChI is InChI=1S/C27H20F6N4O2/c28-26(29,30)19-13-17(12-18(15-19)22(38)4-3-5-23(34)35)8-7-16-9-10-21(27(31,32)33)20(14-16)25(39)37-24-6-1-2-11-36-24/h1-2,6,9-15H,3-5H2,(H3,34,35)(H,36,37,39). The second kappa shape index (κ2) is 11.8. The monoisotopic (exact) mass is 546 g/mol. The van der Waals surface area contributed by atoms with Crippen molar-refractivity contribution in [1.82, 2.24) is 4.98 Å². The maximum atomic E-state index is 13.6. The first-order chi connectivity index (χ1) is 18.2. The number of nitrogens with one attached hydrogen (secondary N) is 2. The van der Waals surface area contributed by atoms with E-state index in [0.29, 0.717) is 18.2 Å². The van der Waals surface area contributed by atoms with Gasteiger partial charge in [-0.05, 0) is 55.0 Å². The molecule has 0 atom stereocenters. The topological polar surface area (TPSA) is 109 Å². The molecule has 202 valence electrons. The fraction of sp³-hybridized carbons (Fsp3) is 0.185. The van der Waals surface area contributed by atoms with E-state index in [2.05, 4.69) is 22.1 Å². The van der Waals surface area contributed by atoms with Crippen molar-refractivity contribution in [2.24, 2.45) is 5.73 Å². The van der Waals surface area contributed by atoms with Crippen LogP contribution in [0.1, 0.15) is 62.2 Å². The molecule has 0 saturated heterocycles. The van der Waals surface area contributed by atoms with E-state index in [0.717, 1.165) is 18.2 Å². The molecule has 4 N–H and O–H groups in total. The number of aromatic nitrogens is 1. The van der Waals surface area contributed by atoms with Crippen LogP contribution in [-0.2, 0) is 12.4 Å². The Bertz CT molecular complexity index is 1460. The highest BCUT2D eigenvalue weighted by Crippen LogP contribution is 2.33. The summed E-state index contributed by atoms with van der Waals surface area (Å²) in [5.74, 6) is 3.02. The molecule has 0 bridgehead atoms. The predicted molar refractivity (Wildman–Crippen MR) is 131 cm³/mol. The predicted octanol–water partition coefficient (Wildman–Crippen LogP) is 6.06. The van der Waals surface area contributed by atoms with Gasteiger partial charge in [-0.3, -0.25) is 15.0 Å². The van der Waals surface area contributed by atoms with Crippen molar-refractivity contribution in [3.05, 3.63) is 94.2 Å². The van der Waals surface area contributed by atoms with Gasteiger partial charge in [0, 0.05) is 35.7 Å². The van der Waals surface area contributed by atoms with E-state index in [9.17, 15) is 35.9 Å². The summed E-state index contributed by atoms with van der Waals surface area (Å²) in [5.41, 5.74) is 1.55. The van der Waals surface area contributed by atoms with Gasteiger partial charge in [0.25, 0.3) is 5.91 Å². The number of nitrogens with zero attached hydrogens (tertiary/aromatic N) is 1. The van der Waals surface area contributed by atoms with Gasteiger partial charge in [0.1, 0.15) is 5.82 Å². The van der Waals surface area contributed by atoms with Crippen LogP contribution in [0.2, 0.25) is 0 Å². The smallest absolute Gasteiger partial charge is 0.388 e. The average molecular weight is 546 g/mol. The molecule has 0 unspecified atom stereocenters. The van der Waals surface area contributed by atoms with Gasteiger partial charge in [-0.2, -0.15) is 26.3 Å². The summed E-state index contributed by atoms with van der Waals surface area (Å²) in [5, 5.41) is 9.44. The molecule has 0 saturated carbocycles. The van der Waals surface area contributed by atoms with Crippen molar-refractivity contribution >= 4 is 23.3 Å². The molecule has 12 heteroatoms. The largest absolute Gasteiger partial charge is 0.417 e. The van der Waals surface area contributed by atoms with Gasteiger partial charge in [0.15, 0.2) is 5.78 Å². The Morgan fingerprint density at radius 3 is 2.23 bits per heavy atom. The summed E-state index contributed by atoms with van der Waals surface area (Å²) in [6, 6.07) is 9.46. The van der Waals surface area contributed by atoms with Crippen molar-refractivity contribution in [3.63, 3.8) is 0 Å². The van der Waals surface area contributed by atoms with E-state index in [1.54, 1.807) is 6.07 Å². The second-order valence-corrected chi connectivity index (χ2v) is 8.28. The van der Waals surface area contributed by atoms with Gasteiger partial charge < -0.3 is 11.1 Å². The Morgan fingerprint density at radius 2 is 1.62 bits per heavy atom. The Kier molecular flexibility index (Phi) is 8.75. The number of pyridine rings is 1. The normalized spacial score (nSPS) is 11.3. The molecule has 39 heavy (non-hydrogen) atoms. The number of Topliss-reactive ketones (excluding diaryl/α,β-unsaturated/α-hetero) is 1. The SMILES string of the molecule is N=C(N)CCCC(=O)c1cc(C#Cc2ccc(C(F)(F)F)c(C(=O)Nc3ccccn3)c2)cc(C(F)(F)F)c1. The van der Waals surface area contributed by atoms with Crippen LogP contribution in [0.4, 0.5) is 32.2 Å². The molecule has 0 radical (unpaired) electrons. The number of rotatable bonds is 7. The minimum absolute atomic E-state index is 0.0107. The lowest BCUT2D eigenvalue weighted by atomic mass is 9.99. The van der Waals surface area contributed by atoms with Crippen LogP contribution in [0.5, 0.6) is 0 Å². The zero-order valence-corrected chi connectivity index (χ0v) is 20.0. The quantitative estimate of drug-likeness (QED) is 0.110. The summed E-state index contributed by atoms with van der Waals surface area (Å²) in [6.07, 6.45) is -8.22. The fourth-order valence-electron chi connectivity index (χ4n) is 3.43. The number of amidine groups is 1. The first-order valence-corrected chi connectivity index (χ1v) is 11.3. The highest BCUT2D eigenvalue weighted by molar-refractivity contribution is 6.05. The number of anilines is 1. The molecule has 0 aliphatic carbocycles. The number of halogens is 6. The van der Waals surface area contributed by atoms with E-state index in [-0.39, 0.29) is 47.6 Å². The molecular formula is C27H20F6N4O2. The van der Waals surface area contributed by atoms with Gasteiger partial charge in [0.05, 0.1) is 22.5 Å². The molecule has 1 heterocycles. The van der Waals surface area contributed by atoms with Crippen LogP contribution in [-0.4, -0.2) is 22.5 Å². The Morgan fingerprint density at radius 1 is 0.897 bits per heavy atom. The summed E-state index contributed by atoms with van der Waals surface area (Å²) in [7, 11) is 0. The van der Waals surface area contributed by atoms with Gasteiger partial charge in [-0.25, -0.2) is 4.98 Å². The summed E-state index contributed by atoms with van der Waals surface area (Å²) in [6.45, 7) is 0. The Hall–Kier alpha value is -4.66. The Labute approximate surface area is 218 Å². The lowest BCUT2D eigenvalue weighted by Crippen LogP contribution is -2.19. The number of benzene rings is 2. The fourth-order valence-corrected chi connectivity index (χ4v) is 3.43. The van der Waals surface area contributed by atoms with Crippen LogP contribution in [0.25, 0.3) is 0 Å². The summed E-state index contributed by atoms with van der Waals surface area (Å²) in [4.78, 5) is 28.9. The first-order valence-electron chi connectivity index (χ1n) is 11.3. The third kappa shape index (κ3) is 8.16. The number of ketones is 1. The molecule has 1 aromatic heterocycles. The van der Waals surface area contributed by atoms with Crippen LogP contribution >= 0.6 is 0 Å². The molecule has 0 aliphatic rings. The van der Waals surface area contributed by atoms with Crippen molar-refractivity contribution in [2.75, 3.05) is 5.32 Å². The zero-order chi connectivity index (χ0) is 28.8. The van der Waals surface area contributed by atoms with E-state index >= 15 is 0 Å². The number of carbonyl (C=O) groups excluding carboxylic acids is 2. The average Bonchev–Trinajstić information content (AvgIpc) is 2.86. The van der Waals surface area contributed by atoms with Gasteiger partial charge in [0.2, 0.25) is 0 Å². The van der Waals surface area contributed by atoms with Crippen LogP contribution in [0, 0.1) is 17.3 Å². The highest BCUT2D eigenvalue weighted by Gasteiger charge is 2.35. The number of hydrogen-bond donors (Lipinski definition) is 3. The van der Waals surface area contributed by atoms with E-state index in [1.807, 2.05) is 0 Å². The number of hydrogen-bond acceptors (Lipinski definition) is 4. The molecular weight excluding hydrogens is 526 g/mol. The summed E-state index contributed by atoms with van der Waals surface area (Å²) >= 11 is 0. The minimum atomic E-state index is -4.87. The molecule has 0 fully saturated rings. The molecule has 2 aromatic carbocycles. The molecule has 1 amide bonds. The maximum Gasteiger partial charge on any atom is 0.417 e.